The van der Waals surface area contributed by atoms with Crippen LogP contribution < -0.4 is 0 Å². The monoisotopic (exact) mass is 242 g/mol. The second-order valence-electron chi connectivity index (χ2n) is 2.74. The first-order valence-electron chi connectivity index (χ1n) is 4.02. The van der Waals surface area contributed by atoms with E-state index >= 15 is 0 Å². The van der Waals surface area contributed by atoms with Gasteiger partial charge < -0.3 is 14.3 Å². The van der Waals surface area contributed by atoms with Crippen LogP contribution in [0.3, 0.4) is 0 Å². The number of hydrogen-bond acceptors (Lipinski definition) is 5. The van der Waals surface area contributed by atoms with E-state index in [-0.39, 0.29) is 36.3 Å². The summed E-state index contributed by atoms with van der Waals surface area (Å²) in [5.41, 5.74) is 0. The van der Waals surface area contributed by atoms with Gasteiger partial charge in [-0.05, 0) is 12.1 Å². The number of carboxylic acid groups (broad SMARTS) is 1. The van der Waals surface area contributed by atoms with Crippen LogP contribution in [0.25, 0.3) is 0 Å². The third-order valence-corrected chi connectivity index (χ3v) is 3.19. The summed E-state index contributed by atoms with van der Waals surface area (Å²) in [6, 6.07) is 2.22. The summed E-state index contributed by atoms with van der Waals surface area (Å²) in [7, 11) is -2.21. The molecule has 0 unspecified atom stereocenters. The Morgan fingerprint density at radius 1 is 1.50 bits per heavy atom. The molecule has 86 valence electrons. The van der Waals surface area contributed by atoms with Crippen LogP contribution in [0.5, 0.6) is 0 Å². The van der Waals surface area contributed by atoms with E-state index in [4.69, 9.17) is 5.11 Å². The molecule has 0 aliphatic rings. The van der Waals surface area contributed by atoms with Crippen LogP contribution in [0, 0.1) is 0 Å². The number of hydrogen-bond donors (Lipinski definition) is 1. The van der Waals surface area contributed by atoms with Gasteiger partial charge in [0.15, 0.2) is 0 Å². The van der Waals surface area contributed by atoms with Gasteiger partial charge in [0, 0.05) is 7.11 Å². The Bertz CT molecular complexity index is 449. The third-order valence-electron chi connectivity index (χ3n) is 1.65. The number of aromatic carboxylic acids is 1. The fraction of sp³-hybridized carbons (Fsp3) is 0.375. The molecule has 0 fully saturated rings. The van der Waals surface area contributed by atoms with Crippen molar-refractivity contribution in [2.45, 2.75) is 5.09 Å². The van der Waals surface area contributed by atoms with Crippen LogP contribution >= 0.6 is 0 Å². The van der Waals surface area contributed by atoms with Crippen molar-refractivity contribution in [2.24, 2.45) is 0 Å². The predicted molar refractivity (Wildman–Crippen MR) is 56.7 cm³/mol. The van der Waals surface area contributed by atoms with Crippen molar-refractivity contribution in [2.75, 3.05) is 19.5 Å². The van der Waals surface area contributed by atoms with Crippen LogP contribution in [0.4, 0.5) is 0 Å². The van der Waals surface area contributed by atoms with E-state index in [9.17, 15) is 13.2 Å². The van der Waals surface area contributed by atoms with Crippen LogP contribution in [-0.2, 0) is 14.6 Å². The van der Waals surface area contributed by atoms with Gasteiger partial charge in [-0.2, -0.15) is 0 Å². The van der Waals surface area contributed by atoms with Gasteiger partial charge in [-0.1, -0.05) is 0 Å². The summed E-state index contributed by atoms with van der Waals surface area (Å²) < 4.78 is 32.2. The molecule has 0 atom stereocenters. The second-order valence-corrected chi connectivity index (χ2v) is 4.78. The second kappa shape index (κ2) is 6.11. The molecule has 0 saturated heterocycles. The molecule has 0 spiro atoms. The van der Waals surface area contributed by atoms with E-state index in [2.05, 4.69) is 9.15 Å². The summed E-state index contributed by atoms with van der Waals surface area (Å²) in [6.45, 7) is 0.0332. The Balaban J connectivity index is 0.00000225. The van der Waals surface area contributed by atoms with Crippen LogP contribution in [-0.4, -0.2) is 57.8 Å². The van der Waals surface area contributed by atoms with Crippen molar-refractivity contribution in [3.05, 3.63) is 17.9 Å². The molecule has 0 aliphatic carbocycles. The summed E-state index contributed by atoms with van der Waals surface area (Å²) in [5, 5.41) is 8.18. The molecule has 16 heavy (non-hydrogen) atoms. The van der Waals surface area contributed by atoms with Crippen molar-refractivity contribution < 1.29 is 27.5 Å². The van der Waals surface area contributed by atoms with E-state index in [0.717, 1.165) is 12.1 Å². The molecule has 8 heteroatoms. The third kappa shape index (κ3) is 3.68. The molecule has 0 aliphatic heterocycles. The molecule has 0 amide bonds. The first kappa shape index (κ1) is 15.3. The predicted octanol–water partition coefficient (Wildman–Crippen LogP) is -0.251. The number of rotatable bonds is 5. The Kier molecular flexibility index (Phi) is 5.82. The van der Waals surface area contributed by atoms with E-state index in [0.29, 0.717) is 0 Å². The van der Waals surface area contributed by atoms with Gasteiger partial charge in [-0.15, -0.1) is 0 Å². The van der Waals surface area contributed by atoms with E-state index < -0.39 is 21.6 Å². The van der Waals surface area contributed by atoms with Crippen molar-refractivity contribution >= 4 is 34.7 Å². The van der Waals surface area contributed by atoms with Crippen molar-refractivity contribution in [3.63, 3.8) is 0 Å². The number of carbonyl (C=O) groups is 1. The Labute approximate surface area is 105 Å². The van der Waals surface area contributed by atoms with Crippen molar-refractivity contribution in [3.8, 4) is 0 Å². The molecule has 1 N–H and O–H groups in total. The molecule has 1 aromatic rings. The fourth-order valence-electron chi connectivity index (χ4n) is 0.896. The van der Waals surface area contributed by atoms with E-state index in [1.165, 1.54) is 7.11 Å². The van der Waals surface area contributed by atoms with Gasteiger partial charge in [0.25, 0.3) is 0 Å². The standard InChI is InChI=1S/C8H10O6S.Li.H/c1-13-4-5-15(11,12)7-3-2-6(14-7)8(9)10;;/h2-3H,4-5H2,1H3,(H,9,10);;. The molecule has 0 radical (unpaired) electrons. The number of ether oxygens (including phenoxy) is 1. The molecule has 6 nitrogen and oxygen atoms in total. The summed E-state index contributed by atoms with van der Waals surface area (Å²) in [4.78, 5) is 10.4. The van der Waals surface area contributed by atoms with Gasteiger partial charge in [-0.3, -0.25) is 0 Å². The fourth-order valence-corrected chi connectivity index (χ4v) is 1.98. The van der Waals surface area contributed by atoms with Gasteiger partial charge in [0.1, 0.15) is 0 Å². The van der Waals surface area contributed by atoms with E-state index in [1.54, 1.807) is 0 Å². The average Bonchev–Trinajstić information content (AvgIpc) is 2.64. The normalized spacial score (nSPS) is 10.8. The number of carboxylic acids is 1. The van der Waals surface area contributed by atoms with Crippen LogP contribution in [0.1, 0.15) is 10.6 Å². The minimum absolute atomic E-state index is 0. The number of furan rings is 1. The molecule has 0 bridgehead atoms. The Morgan fingerprint density at radius 3 is 2.56 bits per heavy atom. The van der Waals surface area contributed by atoms with Gasteiger partial charge in [0.05, 0.1) is 12.4 Å². The first-order valence-corrected chi connectivity index (χ1v) is 5.67. The van der Waals surface area contributed by atoms with Gasteiger partial charge >= 0.3 is 24.8 Å². The Morgan fingerprint density at radius 2 is 2.12 bits per heavy atom. The molecule has 0 saturated carbocycles. The topological polar surface area (TPSA) is 93.8 Å². The molecular weight excluding hydrogens is 231 g/mol. The van der Waals surface area contributed by atoms with Crippen LogP contribution in [0.15, 0.2) is 21.6 Å². The van der Waals surface area contributed by atoms with E-state index in [1.807, 2.05) is 0 Å². The molecule has 1 heterocycles. The average molecular weight is 242 g/mol. The zero-order valence-electron chi connectivity index (χ0n) is 7.97. The molecule has 1 rings (SSSR count). The number of methoxy groups -OCH3 is 1. The molecular formula is C8H11LiO6S. The summed E-state index contributed by atoms with van der Waals surface area (Å²) in [6.07, 6.45) is 0. The summed E-state index contributed by atoms with van der Waals surface area (Å²) in [5.74, 6) is -1.94. The molecule has 1 aromatic heterocycles. The first-order chi connectivity index (χ1) is 6.97. The molecule has 0 aromatic carbocycles. The van der Waals surface area contributed by atoms with Gasteiger partial charge in [0.2, 0.25) is 20.7 Å². The van der Waals surface area contributed by atoms with Crippen molar-refractivity contribution in [1.29, 1.82) is 0 Å². The number of sulfone groups is 1. The zero-order chi connectivity index (χ0) is 11.5. The zero-order valence-corrected chi connectivity index (χ0v) is 8.78. The van der Waals surface area contributed by atoms with Gasteiger partial charge in [-0.25, -0.2) is 13.2 Å². The quantitative estimate of drug-likeness (QED) is 0.715. The SMILES string of the molecule is COCCS(=O)(=O)c1ccc(C(=O)O)o1.[LiH]. The Hall–Kier alpha value is -0.743. The van der Waals surface area contributed by atoms with Crippen LogP contribution in [0.2, 0.25) is 0 Å². The maximum atomic E-state index is 11.5. The minimum atomic E-state index is -3.59. The summed E-state index contributed by atoms with van der Waals surface area (Å²) >= 11 is 0. The van der Waals surface area contributed by atoms with Crippen molar-refractivity contribution in [1.82, 2.24) is 0 Å². The maximum absolute atomic E-state index is 11.5.